The van der Waals surface area contributed by atoms with E-state index < -0.39 is 4.92 Å². The Morgan fingerprint density at radius 1 is 1.28 bits per heavy atom. The van der Waals surface area contributed by atoms with Crippen LogP contribution >= 0.6 is 0 Å². The molecule has 1 atom stereocenters. The van der Waals surface area contributed by atoms with E-state index in [1.807, 2.05) is 31.2 Å². The van der Waals surface area contributed by atoms with Gasteiger partial charge in [0.05, 0.1) is 17.6 Å². The van der Waals surface area contributed by atoms with Crippen molar-refractivity contribution in [2.75, 3.05) is 13.2 Å². The summed E-state index contributed by atoms with van der Waals surface area (Å²) in [5.41, 5.74) is 1.34. The van der Waals surface area contributed by atoms with Crippen molar-refractivity contribution < 1.29 is 14.5 Å². The Bertz CT molecular complexity index is 773. The molecule has 1 aliphatic heterocycles. The van der Waals surface area contributed by atoms with Gasteiger partial charge in [0.2, 0.25) is 0 Å². The molecular formula is C19H20N2O4. The highest BCUT2D eigenvalue weighted by atomic mass is 16.6. The van der Waals surface area contributed by atoms with E-state index >= 15 is 0 Å². The molecule has 1 aliphatic rings. The standard InChI is InChI=1S/C19H20N2O4/c1-2-25-17-10-8-14(9-11-17)18-7-4-12-20(18)19(22)15-5-3-6-16(13-15)21(23)24/h3,5-6,8-11,13,18H,2,4,7,12H2,1H3. The zero-order chi connectivity index (χ0) is 17.8. The first-order valence-electron chi connectivity index (χ1n) is 8.38. The number of benzene rings is 2. The van der Waals surface area contributed by atoms with Crippen molar-refractivity contribution in [1.29, 1.82) is 0 Å². The van der Waals surface area contributed by atoms with Crippen molar-refractivity contribution in [3.05, 3.63) is 69.8 Å². The molecular weight excluding hydrogens is 320 g/mol. The summed E-state index contributed by atoms with van der Waals surface area (Å²) in [7, 11) is 0. The lowest BCUT2D eigenvalue weighted by Gasteiger charge is -2.25. The zero-order valence-corrected chi connectivity index (χ0v) is 14.1. The van der Waals surface area contributed by atoms with Crippen LogP contribution in [-0.4, -0.2) is 28.9 Å². The molecule has 0 radical (unpaired) electrons. The largest absolute Gasteiger partial charge is 0.494 e. The van der Waals surface area contributed by atoms with Crippen LogP contribution in [0.2, 0.25) is 0 Å². The summed E-state index contributed by atoms with van der Waals surface area (Å²) in [4.78, 5) is 25.1. The van der Waals surface area contributed by atoms with Crippen LogP contribution in [0, 0.1) is 10.1 Å². The molecule has 25 heavy (non-hydrogen) atoms. The molecule has 6 nitrogen and oxygen atoms in total. The van der Waals surface area contributed by atoms with E-state index in [0.29, 0.717) is 18.7 Å². The highest BCUT2D eigenvalue weighted by Gasteiger charge is 2.31. The fourth-order valence-corrected chi connectivity index (χ4v) is 3.23. The van der Waals surface area contributed by atoms with Gasteiger partial charge in [0.25, 0.3) is 11.6 Å². The zero-order valence-electron chi connectivity index (χ0n) is 14.1. The average Bonchev–Trinajstić information content (AvgIpc) is 3.12. The highest BCUT2D eigenvalue weighted by Crippen LogP contribution is 2.34. The average molecular weight is 340 g/mol. The van der Waals surface area contributed by atoms with Crippen molar-refractivity contribution >= 4 is 11.6 Å². The van der Waals surface area contributed by atoms with Crippen molar-refractivity contribution in [3.63, 3.8) is 0 Å². The molecule has 0 N–H and O–H groups in total. The normalized spacial score (nSPS) is 16.7. The van der Waals surface area contributed by atoms with E-state index in [4.69, 9.17) is 4.74 Å². The number of likely N-dealkylation sites (tertiary alicyclic amines) is 1. The van der Waals surface area contributed by atoms with Crippen LogP contribution in [0.5, 0.6) is 5.75 Å². The predicted octanol–water partition coefficient (Wildman–Crippen LogP) is 3.97. The molecule has 0 saturated carbocycles. The molecule has 1 fully saturated rings. The summed E-state index contributed by atoms with van der Waals surface area (Å²) in [5.74, 6) is 0.640. The third kappa shape index (κ3) is 3.63. The fraction of sp³-hybridized carbons (Fsp3) is 0.316. The molecule has 1 unspecified atom stereocenters. The number of hydrogen-bond acceptors (Lipinski definition) is 4. The first kappa shape index (κ1) is 17.0. The molecule has 2 aromatic rings. The quantitative estimate of drug-likeness (QED) is 0.610. The van der Waals surface area contributed by atoms with Gasteiger partial charge in [0, 0.05) is 24.2 Å². The van der Waals surface area contributed by atoms with Crippen LogP contribution in [0.1, 0.15) is 41.7 Å². The van der Waals surface area contributed by atoms with Gasteiger partial charge in [0.15, 0.2) is 0 Å². The number of carbonyl (C=O) groups excluding carboxylic acids is 1. The number of rotatable bonds is 5. The van der Waals surface area contributed by atoms with E-state index in [9.17, 15) is 14.9 Å². The van der Waals surface area contributed by atoms with Crippen LogP contribution < -0.4 is 4.74 Å². The van der Waals surface area contributed by atoms with Crippen molar-refractivity contribution in [3.8, 4) is 5.75 Å². The molecule has 1 amide bonds. The Morgan fingerprint density at radius 3 is 2.72 bits per heavy atom. The maximum Gasteiger partial charge on any atom is 0.270 e. The number of hydrogen-bond donors (Lipinski definition) is 0. The van der Waals surface area contributed by atoms with E-state index in [0.717, 1.165) is 24.2 Å². The second-order valence-electron chi connectivity index (χ2n) is 5.97. The highest BCUT2D eigenvalue weighted by molar-refractivity contribution is 5.95. The molecule has 130 valence electrons. The Kier molecular flexibility index (Phi) is 4.97. The number of nitro groups is 1. The van der Waals surface area contributed by atoms with Gasteiger partial charge >= 0.3 is 0 Å². The maximum absolute atomic E-state index is 12.9. The van der Waals surface area contributed by atoms with Crippen LogP contribution in [-0.2, 0) is 0 Å². The van der Waals surface area contributed by atoms with Crippen molar-refractivity contribution in [1.82, 2.24) is 4.90 Å². The molecule has 0 aliphatic carbocycles. The molecule has 0 spiro atoms. The summed E-state index contributed by atoms with van der Waals surface area (Å²) in [6.07, 6.45) is 1.80. The lowest BCUT2D eigenvalue weighted by Crippen LogP contribution is -2.30. The van der Waals surface area contributed by atoms with Gasteiger partial charge in [-0.3, -0.25) is 14.9 Å². The minimum absolute atomic E-state index is 0.0116. The summed E-state index contributed by atoms with van der Waals surface area (Å²) < 4.78 is 5.46. The third-order valence-electron chi connectivity index (χ3n) is 4.39. The van der Waals surface area contributed by atoms with Crippen LogP contribution in [0.15, 0.2) is 48.5 Å². The minimum atomic E-state index is -0.481. The van der Waals surface area contributed by atoms with E-state index in [2.05, 4.69) is 0 Å². The summed E-state index contributed by atoms with van der Waals surface area (Å²) in [6.45, 7) is 3.20. The third-order valence-corrected chi connectivity index (χ3v) is 4.39. The number of carbonyl (C=O) groups is 1. The van der Waals surface area contributed by atoms with Gasteiger partial charge in [-0.15, -0.1) is 0 Å². The lowest BCUT2D eigenvalue weighted by molar-refractivity contribution is -0.384. The van der Waals surface area contributed by atoms with Gasteiger partial charge in [-0.25, -0.2) is 0 Å². The lowest BCUT2D eigenvalue weighted by atomic mass is 10.0. The fourth-order valence-electron chi connectivity index (χ4n) is 3.23. The first-order chi connectivity index (χ1) is 12.1. The summed E-state index contributed by atoms with van der Waals surface area (Å²) >= 11 is 0. The van der Waals surface area contributed by atoms with Crippen molar-refractivity contribution in [2.45, 2.75) is 25.8 Å². The Morgan fingerprint density at radius 2 is 2.04 bits per heavy atom. The molecule has 6 heteroatoms. The summed E-state index contributed by atoms with van der Waals surface area (Å²) in [6, 6.07) is 13.7. The van der Waals surface area contributed by atoms with Crippen LogP contribution in [0.3, 0.4) is 0 Å². The second-order valence-corrected chi connectivity index (χ2v) is 5.97. The van der Waals surface area contributed by atoms with Gasteiger partial charge in [-0.05, 0) is 43.5 Å². The number of ether oxygens (including phenoxy) is 1. The van der Waals surface area contributed by atoms with Gasteiger partial charge in [0.1, 0.15) is 5.75 Å². The van der Waals surface area contributed by atoms with Gasteiger partial charge in [-0.2, -0.15) is 0 Å². The van der Waals surface area contributed by atoms with E-state index in [-0.39, 0.29) is 17.6 Å². The molecule has 0 bridgehead atoms. The number of non-ortho nitro benzene ring substituents is 1. The van der Waals surface area contributed by atoms with Gasteiger partial charge < -0.3 is 9.64 Å². The van der Waals surface area contributed by atoms with E-state index in [1.54, 1.807) is 17.0 Å². The number of nitrogens with zero attached hydrogens (tertiary/aromatic N) is 2. The predicted molar refractivity (Wildman–Crippen MR) is 93.7 cm³/mol. The van der Waals surface area contributed by atoms with E-state index in [1.165, 1.54) is 12.1 Å². The molecule has 1 saturated heterocycles. The number of nitro benzene ring substituents is 1. The monoisotopic (exact) mass is 340 g/mol. The molecule has 0 aromatic heterocycles. The maximum atomic E-state index is 12.9. The Balaban J connectivity index is 1.82. The SMILES string of the molecule is CCOc1ccc(C2CCCN2C(=O)c2cccc([N+](=O)[O-])c2)cc1. The molecule has 3 rings (SSSR count). The molecule has 1 heterocycles. The summed E-state index contributed by atoms with van der Waals surface area (Å²) in [5, 5.41) is 10.9. The minimum Gasteiger partial charge on any atom is -0.494 e. The Labute approximate surface area is 146 Å². The topological polar surface area (TPSA) is 72.7 Å². The molecule has 2 aromatic carbocycles. The number of amides is 1. The second kappa shape index (κ2) is 7.34. The Hall–Kier alpha value is -2.89. The van der Waals surface area contributed by atoms with Crippen LogP contribution in [0.4, 0.5) is 5.69 Å². The van der Waals surface area contributed by atoms with Gasteiger partial charge in [-0.1, -0.05) is 18.2 Å². The van der Waals surface area contributed by atoms with Crippen molar-refractivity contribution in [2.24, 2.45) is 0 Å². The van der Waals surface area contributed by atoms with Crippen LogP contribution in [0.25, 0.3) is 0 Å². The smallest absolute Gasteiger partial charge is 0.270 e. The first-order valence-corrected chi connectivity index (χ1v) is 8.38.